The van der Waals surface area contributed by atoms with E-state index in [9.17, 15) is 15.0 Å². The quantitative estimate of drug-likeness (QED) is 0.457. The zero-order chi connectivity index (χ0) is 15.8. The maximum Gasteiger partial charge on any atom is 0.327 e. The Kier molecular flexibility index (Phi) is 7.69. The fourth-order valence-electron chi connectivity index (χ4n) is 1.95. The van der Waals surface area contributed by atoms with Crippen molar-refractivity contribution in [3.8, 4) is 5.75 Å². The van der Waals surface area contributed by atoms with Gasteiger partial charge in [0.15, 0.2) is 0 Å². The monoisotopic (exact) mass is 406 g/mol. The molecule has 0 radical (unpaired) electrons. The topological polar surface area (TPSA) is 87.0 Å². The van der Waals surface area contributed by atoms with Gasteiger partial charge in [0.1, 0.15) is 11.9 Å². The standard InChI is InChI=1S/C15H19IO5/c1-2-21-13(5-3-4-6-14(18)19)15(20)11-9-10(16)7-8-12(11)17/h4,6-9,13,15,17,20H,2-3,5H2,1H3,(H,18,19)/b6-4+/t13-,15-/m0/s1. The molecule has 1 aromatic rings. The molecule has 0 amide bonds. The van der Waals surface area contributed by atoms with E-state index in [0.717, 1.165) is 9.65 Å². The molecule has 6 heteroatoms. The first kappa shape index (κ1) is 17.9. The normalized spacial score (nSPS) is 14.2. The molecule has 1 aromatic carbocycles. The Bertz CT molecular complexity index is 501. The third-order valence-corrected chi connectivity index (χ3v) is 3.59. The van der Waals surface area contributed by atoms with Crippen LogP contribution in [-0.2, 0) is 9.53 Å². The molecule has 3 N–H and O–H groups in total. The van der Waals surface area contributed by atoms with E-state index in [1.165, 1.54) is 12.1 Å². The molecule has 0 saturated carbocycles. The predicted octanol–water partition coefficient (Wildman–Crippen LogP) is 2.86. The van der Waals surface area contributed by atoms with Crippen LogP contribution in [0, 0.1) is 3.57 Å². The summed E-state index contributed by atoms with van der Waals surface area (Å²) in [6.45, 7) is 2.25. The average molecular weight is 406 g/mol. The lowest BCUT2D eigenvalue weighted by atomic mass is 9.99. The van der Waals surface area contributed by atoms with Crippen LogP contribution in [0.3, 0.4) is 0 Å². The van der Waals surface area contributed by atoms with Crippen molar-refractivity contribution >= 4 is 28.6 Å². The minimum absolute atomic E-state index is 0.0219. The van der Waals surface area contributed by atoms with Gasteiger partial charge in [-0.3, -0.25) is 0 Å². The van der Waals surface area contributed by atoms with Crippen molar-refractivity contribution < 1.29 is 24.9 Å². The number of benzene rings is 1. The first-order valence-electron chi connectivity index (χ1n) is 6.63. The van der Waals surface area contributed by atoms with E-state index < -0.39 is 18.2 Å². The lowest BCUT2D eigenvalue weighted by Crippen LogP contribution is -2.22. The third-order valence-electron chi connectivity index (χ3n) is 2.92. The molecule has 0 unspecified atom stereocenters. The highest BCUT2D eigenvalue weighted by atomic mass is 127. The number of aromatic hydroxyl groups is 1. The maximum absolute atomic E-state index is 10.4. The number of carboxylic acids is 1. The Morgan fingerprint density at radius 1 is 1.48 bits per heavy atom. The summed E-state index contributed by atoms with van der Waals surface area (Å²) >= 11 is 2.10. The number of aliphatic carboxylic acids is 1. The van der Waals surface area contributed by atoms with Crippen LogP contribution >= 0.6 is 22.6 Å². The summed E-state index contributed by atoms with van der Waals surface area (Å²) in [4.78, 5) is 10.4. The summed E-state index contributed by atoms with van der Waals surface area (Å²) in [5.74, 6) is -0.979. The number of hydrogen-bond donors (Lipinski definition) is 3. The van der Waals surface area contributed by atoms with Gasteiger partial charge in [-0.05, 0) is 60.6 Å². The van der Waals surface area contributed by atoms with Crippen LogP contribution in [0.15, 0.2) is 30.4 Å². The molecule has 0 bridgehead atoms. The SMILES string of the molecule is CCO[C@@H](CC/C=C/C(=O)O)[C@@H](O)c1cc(I)ccc1O. The molecule has 5 nitrogen and oxygen atoms in total. The molecule has 0 aromatic heterocycles. The fourth-order valence-corrected chi connectivity index (χ4v) is 2.47. The second-order valence-corrected chi connectivity index (χ2v) is 5.71. The number of aliphatic hydroxyl groups excluding tert-OH is 1. The van der Waals surface area contributed by atoms with Gasteiger partial charge in [0.25, 0.3) is 0 Å². The van der Waals surface area contributed by atoms with Crippen molar-refractivity contribution in [1.82, 2.24) is 0 Å². The Balaban J connectivity index is 2.78. The molecule has 21 heavy (non-hydrogen) atoms. The van der Waals surface area contributed by atoms with Crippen LogP contribution in [0.5, 0.6) is 5.75 Å². The van der Waals surface area contributed by atoms with Crippen LogP contribution in [-0.4, -0.2) is 34.0 Å². The zero-order valence-corrected chi connectivity index (χ0v) is 13.9. The highest BCUT2D eigenvalue weighted by Gasteiger charge is 2.23. The number of phenols is 1. The molecule has 0 aliphatic rings. The molecule has 0 fully saturated rings. The number of carbonyl (C=O) groups is 1. The summed E-state index contributed by atoms with van der Waals surface area (Å²) in [5, 5.41) is 28.8. The molecule has 0 aliphatic heterocycles. The molecule has 1 rings (SSSR count). The number of allylic oxidation sites excluding steroid dienone is 1. The van der Waals surface area contributed by atoms with Crippen molar-refractivity contribution in [2.24, 2.45) is 0 Å². The number of phenolic OH excluding ortho intramolecular Hbond substituents is 1. The van der Waals surface area contributed by atoms with Crippen LogP contribution < -0.4 is 0 Å². The number of carboxylic acid groups (broad SMARTS) is 1. The Morgan fingerprint density at radius 2 is 2.19 bits per heavy atom. The molecular weight excluding hydrogens is 387 g/mol. The number of ether oxygens (including phenoxy) is 1. The summed E-state index contributed by atoms with van der Waals surface area (Å²) in [6.07, 6.45) is 2.06. The lowest BCUT2D eigenvalue weighted by Gasteiger charge is -2.23. The average Bonchev–Trinajstić information content (AvgIpc) is 2.44. The zero-order valence-electron chi connectivity index (χ0n) is 11.7. The maximum atomic E-state index is 10.4. The Morgan fingerprint density at radius 3 is 2.81 bits per heavy atom. The third kappa shape index (κ3) is 6.03. The predicted molar refractivity (Wildman–Crippen MR) is 87.2 cm³/mol. The van der Waals surface area contributed by atoms with Gasteiger partial charge in [0.05, 0.1) is 6.10 Å². The van der Waals surface area contributed by atoms with E-state index in [-0.39, 0.29) is 5.75 Å². The largest absolute Gasteiger partial charge is 0.508 e. The second kappa shape index (κ2) is 9.01. The minimum atomic E-state index is -1.00. The van der Waals surface area contributed by atoms with E-state index in [1.54, 1.807) is 12.1 Å². The van der Waals surface area contributed by atoms with Gasteiger partial charge in [0.2, 0.25) is 0 Å². The van der Waals surface area contributed by atoms with Gasteiger partial charge < -0.3 is 20.1 Å². The van der Waals surface area contributed by atoms with Gasteiger partial charge in [0, 0.05) is 21.8 Å². The van der Waals surface area contributed by atoms with E-state index in [4.69, 9.17) is 9.84 Å². The molecule has 0 heterocycles. The van der Waals surface area contributed by atoms with Crippen LogP contribution in [0.4, 0.5) is 0 Å². The van der Waals surface area contributed by atoms with E-state index >= 15 is 0 Å². The van der Waals surface area contributed by atoms with Gasteiger partial charge in [-0.15, -0.1) is 0 Å². The first-order valence-corrected chi connectivity index (χ1v) is 7.71. The summed E-state index contributed by atoms with van der Waals surface area (Å²) in [5.41, 5.74) is 0.419. The molecule has 0 spiro atoms. The van der Waals surface area contributed by atoms with Gasteiger partial charge in [-0.1, -0.05) is 6.08 Å². The molecule has 0 aliphatic carbocycles. The smallest absolute Gasteiger partial charge is 0.327 e. The molecular formula is C15H19IO5. The Hall–Kier alpha value is -1.12. The highest BCUT2D eigenvalue weighted by Crippen LogP contribution is 2.31. The molecule has 0 saturated heterocycles. The summed E-state index contributed by atoms with van der Waals surface area (Å²) in [6, 6.07) is 4.99. The van der Waals surface area contributed by atoms with Gasteiger partial charge in [-0.25, -0.2) is 4.79 Å². The van der Waals surface area contributed by atoms with E-state index in [1.807, 2.05) is 6.92 Å². The summed E-state index contributed by atoms with van der Waals surface area (Å²) < 4.78 is 6.42. The number of rotatable bonds is 8. The number of hydrogen-bond acceptors (Lipinski definition) is 4. The number of halogens is 1. The van der Waals surface area contributed by atoms with Gasteiger partial charge in [-0.2, -0.15) is 0 Å². The highest BCUT2D eigenvalue weighted by molar-refractivity contribution is 14.1. The van der Waals surface area contributed by atoms with Crippen molar-refractivity contribution in [1.29, 1.82) is 0 Å². The van der Waals surface area contributed by atoms with Crippen LogP contribution in [0.1, 0.15) is 31.4 Å². The summed E-state index contributed by atoms with van der Waals surface area (Å²) in [7, 11) is 0. The Labute approximate surface area is 137 Å². The van der Waals surface area contributed by atoms with E-state index in [2.05, 4.69) is 22.6 Å². The first-order chi connectivity index (χ1) is 9.95. The number of aliphatic hydroxyl groups is 1. The molecule has 2 atom stereocenters. The van der Waals surface area contributed by atoms with Crippen LogP contribution in [0.25, 0.3) is 0 Å². The second-order valence-electron chi connectivity index (χ2n) is 4.46. The van der Waals surface area contributed by atoms with Crippen molar-refractivity contribution in [2.75, 3.05) is 6.61 Å². The van der Waals surface area contributed by atoms with Crippen molar-refractivity contribution in [3.05, 3.63) is 39.5 Å². The minimum Gasteiger partial charge on any atom is -0.508 e. The molecule has 116 valence electrons. The fraction of sp³-hybridized carbons (Fsp3) is 0.400. The van der Waals surface area contributed by atoms with E-state index in [0.29, 0.717) is 25.0 Å². The van der Waals surface area contributed by atoms with Gasteiger partial charge >= 0.3 is 5.97 Å². The van der Waals surface area contributed by atoms with Crippen molar-refractivity contribution in [3.63, 3.8) is 0 Å². The van der Waals surface area contributed by atoms with Crippen LogP contribution in [0.2, 0.25) is 0 Å². The van der Waals surface area contributed by atoms with Crippen molar-refractivity contribution in [2.45, 2.75) is 32.0 Å². The lowest BCUT2D eigenvalue weighted by molar-refractivity contribution is -0.131.